The zero-order valence-electron chi connectivity index (χ0n) is 13.9. The Kier molecular flexibility index (Phi) is 6.87. The molecule has 0 N–H and O–H groups in total. The van der Waals surface area contributed by atoms with Gasteiger partial charge in [-0.05, 0) is 26.0 Å². The van der Waals surface area contributed by atoms with E-state index in [0.717, 1.165) is 11.3 Å². The van der Waals surface area contributed by atoms with Crippen LogP contribution in [0.3, 0.4) is 0 Å². The van der Waals surface area contributed by atoms with Gasteiger partial charge in [-0.1, -0.05) is 30.0 Å². The summed E-state index contributed by atoms with van der Waals surface area (Å²) in [6.07, 6.45) is 1.77. The lowest BCUT2D eigenvalue weighted by Crippen LogP contribution is -2.08. The minimum absolute atomic E-state index is 0.191. The normalized spacial score (nSPS) is 10.4. The standard InChI is InChI=1S/C17H21N3O3S/c1-4-11-20-16(13-9-7-8-10-14(13)22-5-2)18-19-17(20)24-12-15(21)23-6-3/h4,7-10H,1,5-6,11-12H2,2-3H3. The highest BCUT2D eigenvalue weighted by molar-refractivity contribution is 7.99. The van der Waals surface area contributed by atoms with Crippen LogP contribution in [0, 0.1) is 0 Å². The summed E-state index contributed by atoms with van der Waals surface area (Å²) in [6, 6.07) is 7.68. The van der Waals surface area contributed by atoms with Crippen LogP contribution < -0.4 is 4.74 Å². The summed E-state index contributed by atoms with van der Waals surface area (Å²) in [5.74, 6) is 1.35. The molecule has 0 saturated carbocycles. The number of aromatic nitrogens is 3. The lowest BCUT2D eigenvalue weighted by Gasteiger charge is -2.11. The molecule has 1 heterocycles. The number of hydrogen-bond acceptors (Lipinski definition) is 6. The number of rotatable bonds is 9. The number of benzene rings is 1. The zero-order chi connectivity index (χ0) is 17.4. The summed E-state index contributed by atoms with van der Waals surface area (Å²) in [7, 11) is 0. The summed E-state index contributed by atoms with van der Waals surface area (Å²) in [5.41, 5.74) is 0.858. The molecule has 0 amide bonds. The fraction of sp³-hybridized carbons (Fsp3) is 0.353. The molecule has 0 saturated heterocycles. The summed E-state index contributed by atoms with van der Waals surface area (Å²) < 4.78 is 12.5. The van der Waals surface area contributed by atoms with Gasteiger partial charge in [-0.3, -0.25) is 9.36 Å². The van der Waals surface area contributed by atoms with Crippen LogP contribution in [0.5, 0.6) is 5.75 Å². The Morgan fingerprint density at radius 3 is 2.79 bits per heavy atom. The van der Waals surface area contributed by atoms with Crippen molar-refractivity contribution < 1.29 is 14.3 Å². The number of hydrogen-bond donors (Lipinski definition) is 0. The van der Waals surface area contributed by atoms with Gasteiger partial charge in [0.05, 0.1) is 24.5 Å². The van der Waals surface area contributed by atoms with Gasteiger partial charge in [0, 0.05) is 6.54 Å². The second-order valence-corrected chi connectivity index (χ2v) is 5.67. The summed E-state index contributed by atoms with van der Waals surface area (Å²) >= 11 is 1.30. The Bertz CT molecular complexity index is 700. The monoisotopic (exact) mass is 347 g/mol. The molecule has 0 unspecified atom stereocenters. The molecule has 2 rings (SSSR count). The Morgan fingerprint density at radius 1 is 1.29 bits per heavy atom. The van der Waals surface area contributed by atoms with E-state index in [4.69, 9.17) is 9.47 Å². The van der Waals surface area contributed by atoms with Gasteiger partial charge in [-0.25, -0.2) is 0 Å². The van der Waals surface area contributed by atoms with Crippen molar-refractivity contribution in [1.82, 2.24) is 14.8 Å². The topological polar surface area (TPSA) is 66.2 Å². The van der Waals surface area contributed by atoms with Gasteiger partial charge in [0.15, 0.2) is 11.0 Å². The van der Waals surface area contributed by atoms with E-state index in [0.29, 0.717) is 30.7 Å². The van der Waals surface area contributed by atoms with Gasteiger partial charge in [-0.15, -0.1) is 16.8 Å². The lowest BCUT2D eigenvalue weighted by atomic mass is 10.2. The van der Waals surface area contributed by atoms with Crippen LogP contribution in [0.1, 0.15) is 13.8 Å². The molecule has 0 atom stereocenters. The number of nitrogens with zero attached hydrogens (tertiary/aromatic N) is 3. The predicted molar refractivity (Wildman–Crippen MR) is 94.2 cm³/mol. The van der Waals surface area contributed by atoms with E-state index >= 15 is 0 Å². The summed E-state index contributed by atoms with van der Waals surface area (Å²) in [4.78, 5) is 11.6. The van der Waals surface area contributed by atoms with E-state index < -0.39 is 0 Å². The van der Waals surface area contributed by atoms with Crippen molar-refractivity contribution in [3.63, 3.8) is 0 Å². The molecule has 128 valence electrons. The molecule has 0 aliphatic heterocycles. The molecule has 0 radical (unpaired) electrons. The van der Waals surface area contributed by atoms with Crippen molar-refractivity contribution in [2.75, 3.05) is 19.0 Å². The Labute approximate surface area is 145 Å². The van der Waals surface area contributed by atoms with Crippen molar-refractivity contribution in [2.24, 2.45) is 0 Å². The van der Waals surface area contributed by atoms with Crippen LogP contribution >= 0.6 is 11.8 Å². The minimum Gasteiger partial charge on any atom is -0.493 e. The molecule has 1 aromatic heterocycles. The molecule has 0 aliphatic carbocycles. The molecule has 2 aromatic rings. The molecule has 24 heavy (non-hydrogen) atoms. The number of carbonyl (C=O) groups excluding carboxylic acids is 1. The van der Waals surface area contributed by atoms with Gasteiger partial charge in [-0.2, -0.15) is 0 Å². The highest BCUT2D eigenvalue weighted by atomic mass is 32.2. The molecular weight excluding hydrogens is 326 g/mol. The van der Waals surface area contributed by atoms with Crippen molar-refractivity contribution in [1.29, 1.82) is 0 Å². The molecule has 0 aliphatic rings. The second kappa shape index (κ2) is 9.12. The van der Waals surface area contributed by atoms with E-state index in [-0.39, 0.29) is 11.7 Å². The third kappa shape index (κ3) is 4.38. The maximum absolute atomic E-state index is 11.6. The van der Waals surface area contributed by atoms with Crippen molar-refractivity contribution >= 4 is 17.7 Å². The van der Waals surface area contributed by atoms with Crippen LogP contribution in [-0.4, -0.2) is 39.7 Å². The SMILES string of the molecule is C=CCn1c(SCC(=O)OCC)nnc1-c1ccccc1OCC. The molecule has 1 aromatic carbocycles. The number of allylic oxidation sites excluding steroid dienone is 1. The van der Waals surface area contributed by atoms with E-state index in [1.165, 1.54) is 11.8 Å². The molecule has 6 nitrogen and oxygen atoms in total. The van der Waals surface area contributed by atoms with Crippen molar-refractivity contribution in [3.8, 4) is 17.1 Å². The van der Waals surface area contributed by atoms with Crippen molar-refractivity contribution in [3.05, 3.63) is 36.9 Å². The average Bonchev–Trinajstić information content (AvgIpc) is 2.97. The Balaban J connectivity index is 2.31. The first kappa shape index (κ1) is 18.1. The van der Waals surface area contributed by atoms with Crippen LogP contribution in [0.4, 0.5) is 0 Å². The summed E-state index contributed by atoms with van der Waals surface area (Å²) in [5, 5.41) is 9.14. The highest BCUT2D eigenvalue weighted by Crippen LogP contribution is 2.31. The zero-order valence-corrected chi connectivity index (χ0v) is 14.7. The first-order valence-electron chi connectivity index (χ1n) is 7.75. The smallest absolute Gasteiger partial charge is 0.316 e. The molecule has 0 spiro atoms. The number of ether oxygens (including phenoxy) is 2. The van der Waals surface area contributed by atoms with E-state index in [1.807, 2.05) is 35.8 Å². The molecule has 0 fully saturated rings. The largest absolute Gasteiger partial charge is 0.493 e. The fourth-order valence-corrected chi connectivity index (χ4v) is 2.89. The van der Waals surface area contributed by atoms with Gasteiger partial charge >= 0.3 is 5.97 Å². The fourth-order valence-electron chi connectivity index (χ4n) is 2.15. The number of esters is 1. The highest BCUT2D eigenvalue weighted by Gasteiger charge is 2.17. The van der Waals surface area contributed by atoms with Gasteiger partial charge in [0.1, 0.15) is 5.75 Å². The summed E-state index contributed by atoms with van der Waals surface area (Å²) in [6.45, 7) is 8.98. The predicted octanol–water partition coefficient (Wildman–Crippen LogP) is 3.19. The Morgan fingerprint density at radius 2 is 2.08 bits per heavy atom. The third-order valence-electron chi connectivity index (χ3n) is 3.08. The minimum atomic E-state index is -0.271. The quantitative estimate of drug-likeness (QED) is 0.394. The maximum Gasteiger partial charge on any atom is 0.316 e. The maximum atomic E-state index is 11.6. The third-order valence-corrected chi connectivity index (χ3v) is 4.02. The van der Waals surface area contributed by atoms with Crippen molar-refractivity contribution in [2.45, 2.75) is 25.5 Å². The first-order chi connectivity index (χ1) is 11.7. The number of thioether (sulfide) groups is 1. The van der Waals surface area contributed by atoms with Gasteiger partial charge < -0.3 is 9.47 Å². The molecule has 7 heteroatoms. The lowest BCUT2D eigenvalue weighted by molar-refractivity contribution is -0.139. The van der Waals surface area contributed by atoms with Gasteiger partial charge in [0.25, 0.3) is 0 Å². The number of para-hydroxylation sites is 1. The van der Waals surface area contributed by atoms with Crippen LogP contribution in [0.15, 0.2) is 42.1 Å². The Hall–Kier alpha value is -2.28. The van der Waals surface area contributed by atoms with E-state index in [2.05, 4.69) is 16.8 Å². The second-order valence-electron chi connectivity index (χ2n) is 4.73. The average molecular weight is 347 g/mol. The van der Waals surface area contributed by atoms with Gasteiger partial charge in [0.2, 0.25) is 0 Å². The number of carbonyl (C=O) groups is 1. The van der Waals surface area contributed by atoms with Crippen LogP contribution in [-0.2, 0) is 16.1 Å². The van der Waals surface area contributed by atoms with E-state index in [1.54, 1.807) is 13.0 Å². The molecule has 0 bridgehead atoms. The molecular formula is C17H21N3O3S. The van der Waals surface area contributed by atoms with Crippen LogP contribution in [0.25, 0.3) is 11.4 Å². The van der Waals surface area contributed by atoms with Crippen LogP contribution in [0.2, 0.25) is 0 Å². The first-order valence-corrected chi connectivity index (χ1v) is 8.74. The van der Waals surface area contributed by atoms with E-state index in [9.17, 15) is 4.79 Å².